The first-order valence-electron chi connectivity index (χ1n) is 3.41. The van der Waals surface area contributed by atoms with Gasteiger partial charge in [0.2, 0.25) is 0 Å². The molecule has 0 amide bonds. The molecule has 5 heteroatoms. The van der Waals surface area contributed by atoms with Crippen LogP contribution in [0.1, 0.15) is 23.2 Å². The van der Waals surface area contributed by atoms with Crippen molar-refractivity contribution in [3.8, 4) is 6.07 Å². The molecule has 0 saturated carbocycles. The third-order valence-corrected chi connectivity index (χ3v) is 1.89. The van der Waals surface area contributed by atoms with E-state index in [1.165, 1.54) is 6.92 Å². The van der Waals surface area contributed by atoms with E-state index >= 15 is 0 Å². The number of nitrogens with zero attached hydrogens (tertiary/aromatic N) is 2. The lowest BCUT2D eigenvalue weighted by Crippen LogP contribution is -1.97. The van der Waals surface area contributed by atoms with Crippen molar-refractivity contribution in [3.63, 3.8) is 0 Å². The molecule has 0 bridgehead atoms. The van der Waals surface area contributed by atoms with E-state index in [1.54, 1.807) is 6.07 Å². The molecule has 0 radical (unpaired) electrons. The minimum Gasteiger partial charge on any atom is -0.259 e. The second kappa shape index (κ2) is 3.67. The lowest BCUT2D eigenvalue weighted by molar-refractivity contribution is 0.151. The van der Waals surface area contributed by atoms with E-state index in [0.29, 0.717) is 0 Å². The van der Waals surface area contributed by atoms with E-state index in [2.05, 4.69) is 4.98 Å². The summed E-state index contributed by atoms with van der Waals surface area (Å²) in [5.41, 5.74) is -0.304. The number of aryl methyl sites for hydroxylation is 1. The third-order valence-electron chi connectivity index (χ3n) is 1.59. The van der Waals surface area contributed by atoms with Gasteiger partial charge < -0.3 is 0 Å². The monoisotopic (exact) mass is 202 g/mol. The molecule has 1 rings (SSSR count). The summed E-state index contributed by atoms with van der Waals surface area (Å²) in [6.07, 6.45) is -1.62. The van der Waals surface area contributed by atoms with Crippen molar-refractivity contribution < 1.29 is 8.78 Å². The quantitative estimate of drug-likeness (QED) is 0.702. The molecule has 0 aliphatic rings. The van der Waals surface area contributed by atoms with E-state index in [9.17, 15) is 8.78 Å². The zero-order valence-corrected chi connectivity index (χ0v) is 7.44. The molecule has 68 valence electrons. The van der Waals surface area contributed by atoms with Crippen molar-refractivity contribution in [1.29, 1.82) is 5.26 Å². The highest BCUT2D eigenvalue weighted by molar-refractivity contribution is 6.31. The first-order chi connectivity index (χ1) is 6.07. The topological polar surface area (TPSA) is 36.7 Å². The van der Waals surface area contributed by atoms with Crippen LogP contribution in [-0.4, -0.2) is 4.98 Å². The van der Waals surface area contributed by atoms with Gasteiger partial charge in [-0.2, -0.15) is 5.26 Å². The first kappa shape index (κ1) is 9.87. The predicted octanol–water partition coefficient (Wildman–Crippen LogP) is 2.85. The molecule has 1 aromatic heterocycles. The van der Waals surface area contributed by atoms with E-state index in [-0.39, 0.29) is 16.3 Å². The van der Waals surface area contributed by atoms with Gasteiger partial charge in [-0.25, -0.2) is 8.78 Å². The number of hydrogen-bond donors (Lipinski definition) is 0. The molecular weight excluding hydrogens is 198 g/mol. The summed E-state index contributed by atoms with van der Waals surface area (Å²) in [6, 6.07) is 1.66. The maximum atomic E-state index is 12.4. The van der Waals surface area contributed by atoms with Crippen LogP contribution in [0.25, 0.3) is 0 Å². The lowest BCUT2D eigenvalue weighted by Gasteiger charge is -2.06. The second-order valence-electron chi connectivity index (χ2n) is 2.39. The minimum absolute atomic E-state index is 0.137. The normalized spacial score (nSPS) is 10.2. The molecule has 0 aliphatic heterocycles. The maximum absolute atomic E-state index is 12.4. The summed E-state index contributed by atoms with van der Waals surface area (Å²) in [4.78, 5) is 3.70. The van der Waals surface area contributed by atoms with Gasteiger partial charge in [-0.15, -0.1) is 0 Å². The smallest absolute Gasteiger partial charge is 0.259 e. The van der Waals surface area contributed by atoms with E-state index in [0.717, 1.165) is 6.20 Å². The second-order valence-corrected chi connectivity index (χ2v) is 2.80. The molecule has 0 aromatic carbocycles. The fourth-order valence-corrected chi connectivity index (χ4v) is 1.18. The predicted molar refractivity (Wildman–Crippen MR) is 43.7 cm³/mol. The summed E-state index contributed by atoms with van der Waals surface area (Å²) >= 11 is 5.48. The zero-order chi connectivity index (χ0) is 10.0. The number of alkyl halides is 2. The molecule has 0 fully saturated rings. The highest BCUT2D eigenvalue weighted by Gasteiger charge is 2.19. The van der Waals surface area contributed by atoms with Crippen LogP contribution in [0.2, 0.25) is 5.02 Å². The molecule has 1 aromatic rings. The van der Waals surface area contributed by atoms with Crippen LogP contribution in [-0.2, 0) is 0 Å². The first-order valence-corrected chi connectivity index (χ1v) is 3.79. The highest BCUT2D eigenvalue weighted by atomic mass is 35.5. The zero-order valence-electron chi connectivity index (χ0n) is 6.68. The van der Waals surface area contributed by atoms with Crippen molar-refractivity contribution >= 4 is 11.6 Å². The van der Waals surface area contributed by atoms with Crippen molar-refractivity contribution in [1.82, 2.24) is 4.98 Å². The SMILES string of the molecule is Cc1ncc(Cl)c(C(F)F)c1C#N. The third kappa shape index (κ3) is 1.76. The number of aromatic nitrogens is 1. The Morgan fingerprint density at radius 1 is 1.62 bits per heavy atom. The van der Waals surface area contributed by atoms with Gasteiger partial charge in [-0.05, 0) is 6.92 Å². The van der Waals surface area contributed by atoms with Gasteiger partial charge in [-0.1, -0.05) is 11.6 Å². The van der Waals surface area contributed by atoms with Crippen LogP contribution in [0, 0.1) is 18.3 Å². The lowest BCUT2D eigenvalue weighted by atomic mass is 10.1. The molecular formula is C8H5ClF2N2. The Bertz CT molecular complexity index is 371. The molecule has 0 N–H and O–H groups in total. The molecule has 0 aliphatic carbocycles. The van der Waals surface area contributed by atoms with Gasteiger partial charge in [0.25, 0.3) is 6.43 Å². The molecule has 0 atom stereocenters. The Balaban J connectivity index is 3.46. The standard InChI is InChI=1S/C8H5ClF2N2/c1-4-5(2-12)7(8(10)11)6(9)3-13-4/h3,8H,1H3. The summed E-state index contributed by atoms with van der Waals surface area (Å²) in [5.74, 6) is 0. The fraction of sp³-hybridized carbons (Fsp3) is 0.250. The molecule has 0 spiro atoms. The van der Waals surface area contributed by atoms with Crippen LogP contribution in [0.3, 0.4) is 0 Å². The summed E-state index contributed by atoms with van der Waals surface area (Å²) in [6.45, 7) is 1.49. The maximum Gasteiger partial charge on any atom is 0.266 e. The summed E-state index contributed by atoms with van der Waals surface area (Å²) in [5, 5.41) is 8.42. The Kier molecular flexibility index (Phi) is 2.79. The van der Waals surface area contributed by atoms with E-state index < -0.39 is 12.0 Å². The number of halogens is 3. The van der Waals surface area contributed by atoms with Gasteiger partial charge in [0, 0.05) is 6.20 Å². The summed E-state index contributed by atoms with van der Waals surface area (Å²) in [7, 11) is 0. The number of pyridine rings is 1. The van der Waals surface area contributed by atoms with Crippen molar-refractivity contribution in [3.05, 3.63) is 28.0 Å². The van der Waals surface area contributed by atoms with Gasteiger partial charge in [-0.3, -0.25) is 4.98 Å². The van der Waals surface area contributed by atoms with Crippen LogP contribution >= 0.6 is 11.6 Å². The van der Waals surface area contributed by atoms with Crippen molar-refractivity contribution in [2.24, 2.45) is 0 Å². The highest BCUT2D eigenvalue weighted by Crippen LogP contribution is 2.30. The van der Waals surface area contributed by atoms with Gasteiger partial charge in [0.1, 0.15) is 6.07 Å². The van der Waals surface area contributed by atoms with Crippen molar-refractivity contribution in [2.75, 3.05) is 0 Å². The Labute approximate surface area is 78.8 Å². The Morgan fingerprint density at radius 3 is 2.62 bits per heavy atom. The summed E-state index contributed by atoms with van der Waals surface area (Å²) < 4.78 is 24.8. The molecule has 0 unspecified atom stereocenters. The van der Waals surface area contributed by atoms with E-state index in [1.807, 2.05) is 0 Å². The van der Waals surface area contributed by atoms with Crippen LogP contribution in [0.4, 0.5) is 8.78 Å². The minimum atomic E-state index is -2.75. The largest absolute Gasteiger partial charge is 0.266 e. The van der Waals surface area contributed by atoms with Crippen LogP contribution in [0.5, 0.6) is 0 Å². The van der Waals surface area contributed by atoms with E-state index in [4.69, 9.17) is 16.9 Å². The molecule has 0 saturated heterocycles. The average Bonchev–Trinajstić information content (AvgIpc) is 2.07. The Morgan fingerprint density at radius 2 is 2.23 bits per heavy atom. The number of rotatable bonds is 1. The number of hydrogen-bond acceptors (Lipinski definition) is 2. The Hall–Kier alpha value is -1.21. The van der Waals surface area contributed by atoms with Crippen LogP contribution < -0.4 is 0 Å². The van der Waals surface area contributed by atoms with Crippen molar-refractivity contribution in [2.45, 2.75) is 13.3 Å². The molecule has 13 heavy (non-hydrogen) atoms. The van der Waals surface area contributed by atoms with Gasteiger partial charge in [0.05, 0.1) is 21.8 Å². The fourth-order valence-electron chi connectivity index (χ4n) is 0.956. The molecule has 1 heterocycles. The average molecular weight is 203 g/mol. The molecule has 2 nitrogen and oxygen atoms in total. The van der Waals surface area contributed by atoms with Gasteiger partial charge in [0.15, 0.2) is 0 Å². The van der Waals surface area contributed by atoms with Gasteiger partial charge >= 0.3 is 0 Å². The van der Waals surface area contributed by atoms with Crippen LogP contribution in [0.15, 0.2) is 6.20 Å². The number of nitriles is 1.